The van der Waals surface area contributed by atoms with Crippen molar-refractivity contribution in [1.82, 2.24) is 25.1 Å². The number of amides is 1. The van der Waals surface area contributed by atoms with Crippen LogP contribution in [0.15, 0.2) is 6.07 Å². The van der Waals surface area contributed by atoms with Gasteiger partial charge in [0, 0.05) is 39.2 Å². The number of carbonyl (C=O) groups excluding carboxylic acids is 1. The van der Waals surface area contributed by atoms with Crippen molar-refractivity contribution < 1.29 is 9.53 Å². The van der Waals surface area contributed by atoms with Crippen LogP contribution >= 0.6 is 12.2 Å². The highest BCUT2D eigenvalue weighted by atomic mass is 32.1. The van der Waals surface area contributed by atoms with E-state index in [2.05, 4.69) is 31.2 Å². The fraction of sp³-hybridized carbons (Fsp3) is 0.688. The van der Waals surface area contributed by atoms with E-state index in [0.717, 1.165) is 18.7 Å². The van der Waals surface area contributed by atoms with Gasteiger partial charge in [0.05, 0.1) is 12.3 Å². The quantitative estimate of drug-likeness (QED) is 0.650. The number of rotatable bonds is 4. The molecule has 0 spiro atoms. The van der Waals surface area contributed by atoms with Gasteiger partial charge in [0.2, 0.25) is 0 Å². The maximum absolute atomic E-state index is 13.0. The number of aromatic nitrogens is 2. The number of hydrogen-bond donors (Lipinski definition) is 1. The summed E-state index contributed by atoms with van der Waals surface area (Å²) in [6.45, 7) is 8.82. The van der Waals surface area contributed by atoms with Crippen LogP contribution in [0.1, 0.15) is 43.4 Å². The minimum absolute atomic E-state index is 0.0751. The number of thiocarbonyl (C=S) groups is 1. The summed E-state index contributed by atoms with van der Waals surface area (Å²) in [6, 6.07) is 1.88. The third-order valence-corrected chi connectivity index (χ3v) is 4.30. The molecule has 134 valence electrons. The molecule has 0 saturated carbocycles. The summed E-state index contributed by atoms with van der Waals surface area (Å²) in [5.74, 6) is -0.0751. The molecule has 1 aromatic rings. The van der Waals surface area contributed by atoms with Crippen molar-refractivity contribution in [3.8, 4) is 0 Å². The predicted molar refractivity (Wildman–Crippen MR) is 96.7 cm³/mol. The molecular formula is C16H27N5O2S. The number of hydrazine groups is 1. The second-order valence-electron chi connectivity index (χ2n) is 6.92. The van der Waals surface area contributed by atoms with E-state index in [4.69, 9.17) is 17.0 Å². The second kappa shape index (κ2) is 7.48. The normalized spacial score (nSPS) is 15.0. The Balaban J connectivity index is 2.13. The first-order valence-corrected chi connectivity index (χ1v) is 8.57. The van der Waals surface area contributed by atoms with Gasteiger partial charge in [0.15, 0.2) is 5.11 Å². The zero-order valence-electron chi connectivity index (χ0n) is 15.1. The van der Waals surface area contributed by atoms with Gasteiger partial charge in [-0.15, -0.1) is 0 Å². The lowest BCUT2D eigenvalue weighted by Gasteiger charge is -2.30. The Morgan fingerprint density at radius 2 is 2.04 bits per heavy atom. The molecule has 0 radical (unpaired) electrons. The molecule has 1 aliphatic rings. The summed E-state index contributed by atoms with van der Waals surface area (Å²) < 4.78 is 6.67. The van der Waals surface area contributed by atoms with Crippen molar-refractivity contribution in [2.24, 2.45) is 7.05 Å². The van der Waals surface area contributed by atoms with Gasteiger partial charge in [-0.1, -0.05) is 20.8 Å². The van der Waals surface area contributed by atoms with E-state index < -0.39 is 0 Å². The predicted octanol–water partition coefficient (Wildman–Crippen LogP) is 1.30. The Kier molecular flexibility index (Phi) is 5.82. The summed E-state index contributed by atoms with van der Waals surface area (Å²) in [7, 11) is 3.45. The van der Waals surface area contributed by atoms with E-state index in [0.29, 0.717) is 30.5 Å². The molecule has 24 heavy (non-hydrogen) atoms. The maximum Gasteiger partial charge on any atom is 0.290 e. The number of nitrogens with zero attached hydrogens (tertiary/aromatic N) is 4. The lowest BCUT2D eigenvalue weighted by molar-refractivity contribution is 0.0479. The fourth-order valence-electron chi connectivity index (χ4n) is 2.55. The van der Waals surface area contributed by atoms with Crippen molar-refractivity contribution in [2.45, 2.75) is 32.6 Å². The van der Waals surface area contributed by atoms with Gasteiger partial charge >= 0.3 is 0 Å². The molecule has 1 aromatic heterocycles. The van der Waals surface area contributed by atoms with Gasteiger partial charge in [-0.3, -0.25) is 14.5 Å². The Morgan fingerprint density at radius 1 is 1.38 bits per heavy atom. The molecule has 0 unspecified atom stereocenters. The zero-order chi connectivity index (χ0) is 17.9. The third-order valence-electron chi connectivity index (χ3n) is 3.95. The summed E-state index contributed by atoms with van der Waals surface area (Å²) in [4.78, 5) is 13.0. The number of methoxy groups -OCH3 is 1. The van der Waals surface area contributed by atoms with Crippen LogP contribution < -0.4 is 5.32 Å². The number of nitrogens with one attached hydrogen (secondary N) is 1. The minimum Gasteiger partial charge on any atom is -0.383 e. The van der Waals surface area contributed by atoms with E-state index in [1.807, 2.05) is 11.1 Å². The van der Waals surface area contributed by atoms with Crippen molar-refractivity contribution in [2.75, 3.05) is 33.4 Å². The third kappa shape index (κ3) is 4.05. The Morgan fingerprint density at radius 3 is 2.62 bits per heavy atom. The first-order valence-electron chi connectivity index (χ1n) is 8.16. The Hall–Kier alpha value is -1.67. The van der Waals surface area contributed by atoms with Crippen molar-refractivity contribution in [1.29, 1.82) is 0 Å². The standard InChI is InChI=1S/C16H27N5O2S/c1-16(2,3)13-11-12(19(4)18-13)14(22)20-8-6-9-21(20)15(24)17-7-10-23-5/h11H,6-10H2,1-5H3,(H,17,24). The topological polar surface area (TPSA) is 62.6 Å². The van der Waals surface area contributed by atoms with Gasteiger partial charge in [-0.2, -0.15) is 5.10 Å². The first-order chi connectivity index (χ1) is 11.3. The molecule has 0 atom stereocenters. The van der Waals surface area contributed by atoms with Crippen LogP contribution in [0.25, 0.3) is 0 Å². The van der Waals surface area contributed by atoms with E-state index >= 15 is 0 Å². The van der Waals surface area contributed by atoms with Crippen molar-refractivity contribution >= 4 is 23.2 Å². The maximum atomic E-state index is 13.0. The molecule has 0 aromatic carbocycles. The van der Waals surface area contributed by atoms with Gasteiger partial charge in [0.1, 0.15) is 5.69 Å². The summed E-state index contributed by atoms with van der Waals surface area (Å²) in [6.07, 6.45) is 0.891. The first kappa shape index (κ1) is 18.7. The lowest BCUT2D eigenvalue weighted by Crippen LogP contribution is -2.49. The molecule has 1 fully saturated rings. The molecule has 8 heteroatoms. The van der Waals surface area contributed by atoms with Gasteiger partial charge in [-0.25, -0.2) is 5.01 Å². The van der Waals surface area contributed by atoms with Crippen molar-refractivity contribution in [3.63, 3.8) is 0 Å². The summed E-state index contributed by atoms with van der Waals surface area (Å²) in [5, 5.41) is 11.7. The van der Waals surface area contributed by atoms with Crippen LogP contribution in [0.3, 0.4) is 0 Å². The lowest BCUT2D eigenvalue weighted by atomic mass is 9.92. The molecule has 1 N–H and O–H groups in total. The summed E-state index contributed by atoms with van der Waals surface area (Å²) >= 11 is 5.41. The van der Waals surface area contributed by atoms with Crippen molar-refractivity contribution in [3.05, 3.63) is 17.5 Å². The average Bonchev–Trinajstić information content (AvgIpc) is 3.12. The van der Waals surface area contributed by atoms with E-state index in [1.165, 1.54) is 0 Å². The second-order valence-corrected chi connectivity index (χ2v) is 7.30. The average molecular weight is 353 g/mol. The molecule has 1 saturated heterocycles. The van der Waals surface area contributed by atoms with Gasteiger partial charge in [-0.05, 0) is 24.7 Å². The van der Waals surface area contributed by atoms with E-state index in [1.54, 1.807) is 23.8 Å². The fourth-order valence-corrected chi connectivity index (χ4v) is 2.84. The largest absolute Gasteiger partial charge is 0.383 e. The molecule has 7 nitrogen and oxygen atoms in total. The Bertz CT molecular complexity index is 608. The minimum atomic E-state index is -0.0992. The molecule has 1 aliphatic heterocycles. The van der Waals surface area contributed by atoms with Crippen LogP contribution in [0.2, 0.25) is 0 Å². The van der Waals surface area contributed by atoms with Crippen LogP contribution in [-0.2, 0) is 17.2 Å². The highest BCUT2D eigenvalue weighted by Gasteiger charge is 2.32. The number of aryl methyl sites for hydroxylation is 1. The number of hydrogen-bond acceptors (Lipinski definition) is 4. The zero-order valence-corrected chi connectivity index (χ0v) is 15.9. The monoisotopic (exact) mass is 353 g/mol. The van der Waals surface area contributed by atoms with Crippen LogP contribution in [-0.4, -0.2) is 64.2 Å². The summed E-state index contributed by atoms with van der Waals surface area (Å²) in [5.41, 5.74) is 1.38. The van der Waals surface area contributed by atoms with Crippen LogP contribution in [0.5, 0.6) is 0 Å². The van der Waals surface area contributed by atoms with E-state index in [9.17, 15) is 4.79 Å². The van der Waals surface area contributed by atoms with Crippen LogP contribution in [0, 0.1) is 0 Å². The molecule has 0 aliphatic carbocycles. The molecule has 1 amide bonds. The number of carbonyl (C=O) groups is 1. The van der Waals surface area contributed by atoms with E-state index in [-0.39, 0.29) is 11.3 Å². The smallest absolute Gasteiger partial charge is 0.290 e. The SMILES string of the molecule is COCCNC(=S)N1CCCN1C(=O)c1cc(C(C)(C)C)nn1C. The molecule has 2 rings (SSSR count). The molecule has 2 heterocycles. The van der Waals surface area contributed by atoms with Crippen LogP contribution in [0.4, 0.5) is 0 Å². The highest BCUT2D eigenvalue weighted by molar-refractivity contribution is 7.80. The number of ether oxygens (including phenoxy) is 1. The molecule has 0 bridgehead atoms. The van der Waals surface area contributed by atoms with Gasteiger partial charge in [0.25, 0.3) is 5.91 Å². The highest BCUT2D eigenvalue weighted by Crippen LogP contribution is 2.23. The molecular weight excluding hydrogens is 326 g/mol. The Labute approximate surface area is 148 Å². The van der Waals surface area contributed by atoms with Gasteiger partial charge < -0.3 is 10.1 Å².